The Labute approximate surface area is 253 Å². The highest BCUT2D eigenvalue weighted by Gasteiger charge is 2.32. The standard InChI is InChI=1S/C32H37N5O5S/c1-23-20-28(40-4)21-24(2)31(23)43(38,39)36(3)29(25-8-6-5-7-9-25)22-41-32-34-17-12-30(35-32)37-18-13-27(14-19-37)42-26-10-15-33-16-11-26/h5-12,15-17,20-21,27,29H,13-14,18-19,22H2,1-4H3. The number of likely N-dealkylation sites (N-methyl/N-ethyl adjacent to an activating group) is 1. The number of anilines is 1. The number of sulfonamides is 1. The number of methoxy groups -OCH3 is 1. The first-order valence-corrected chi connectivity index (χ1v) is 15.7. The minimum Gasteiger partial charge on any atom is -0.497 e. The number of benzene rings is 2. The molecule has 5 rings (SSSR count). The van der Waals surface area contributed by atoms with E-state index in [0.29, 0.717) is 16.9 Å². The van der Waals surface area contributed by atoms with Crippen LogP contribution in [-0.4, -0.2) is 67.6 Å². The molecule has 1 fully saturated rings. The minimum absolute atomic E-state index is 0.0271. The molecule has 43 heavy (non-hydrogen) atoms. The van der Waals surface area contributed by atoms with Crippen LogP contribution in [0.2, 0.25) is 0 Å². The number of pyridine rings is 1. The summed E-state index contributed by atoms with van der Waals surface area (Å²) in [6, 6.07) is 18.1. The molecule has 1 saturated heterocycles. The number of piperidine rings is 1. The van der Waals surface area contributed by atoms with Crippen molar-refractivity contribution in [3.8, 4) is 17.5 Å². The van der Waals surface area contributed by atoms with Crippen molar-refractivity contribution in [3.05, 3.63) is 95.9 Å². The van der Waals surface area contributed by atoms with Crippen molar-refractivity contribution in [3.63, 3.8) is 0 Å². The third-order valence-electron chi connectivity index (χ3n) is 7.64. The first-order valence-electron chi connectivity index (χ1n) is 14.2. The Morgan fingerprint density at radius 2 is 1.63 bits per heavy atom. The van der Waals surface area contributed by atoms with Gasteiger partial charge in [0.25, 0.3) is 0 Å². The maximum atomic E-state index is 14.0. The average Bonchev–Trinajstić information content (AvgIpc) is 3.02. The quantitative estimate of drug-likeness (QED) is 0.234. The van der Waals surface area contributed by atoms with Gasteiger partial charge in [-0.2, -0.15) is 9.29 Å². The Kier molecular flexibility index (Phi) is 9.42. The second-order valence-corrected chi connectivity index (χ2v) is 12.5. The van der Waals surface area contributed by atoms with Crippen LogP contribution in [0.3, 0.4) is 0 Å². The van der Waals surface area contributed by atoms with Crippen molar-refractivity contribution in [1.29, 1.82) is 0 Å². The SMILES string of the molecule is COc1cc(C)c(S(=O)(=O)N(C)C(COc2nccc(N3CCC(Oc4ccncc4)CC3)n2)c2ccccc2)c(C)c1. The fraction of sp³-hybridized carbons (Fsp3) is 0.344. The van der Waals surface area contributed by atoms with E-state index in [-0.39, 0.29) is 23.6 Å². The lowest BCUT2D eigenvalue weighted by molar-refractivity contribution is 0.170. The van der Waals surface area contributed by atoms with E-state index in [0.717, 1.165) is 43.1 Å². The molecule has 2 aromatic carbocycles. The van der Waals surface area contributed by atoms with Crippen LogP contribution in [0.15, 0.2) is 84.1 Å². The molecule has 0 amide bonds. The van der Waals surface area contributed by atoms with Crippen LogP contribution in [-0.2, 0) is 10.0 Å². The molecule has 3 heterocycles. The van der Waals surface area contributed by atoms with E-state index >= 15 is 0 Å². The second kappa shape index (κ2) is 13.4. The zero-order valence-electron chi connectivity index (χ0n) is 24.9. The van der Waals surface area contributed by atoms with Crippen molar-refractivity contribution >= 4 is 15.8 Å². The summed E-state index contributed by atoms with van der Waals surface area (Å²) >= 11 is 0. The molecule has 11 heteroatoms. The smallest absolute Gasteiger partial charge is 0.318 e. The largest absolute Gasteiger partial charge is 0.497 e. The van der Waals surface area contributed by atoms with E-state index in [1.165, 1.54) is 4.31 Å². The molecule has 1 unspecified atom stereocenters. The van der Waals surface area contributed by atoms with Crippen LogP contribution in [0.4, 0.5) is 5.82 Å². The Morgan fingerprint density at radius 1 is 0.953 bits per heavy atom. The Bertz CT molecular complexity index is 1590. The third kappa shape index (κ3) is 7.06. The number of aromatic nitrogens is 3. The highest BCUT2D eigenvalue weighted by atomic mass is 32.2. The summed E-state index contributed by atoms with van der Waals surface area (Å²) in [6.07, 6.45) is 6.95. The van der Waals surface area contributed by atoms with Gasteiger partial charge in [0, 0.05) is 51.6 Å². The van der Waals surface area contributed by atoms with Crippen LogP contribution >= 0.6 is 0 Å². The maximum Gasteiger partial charge on any atom is 0.318 e. The van der Waals surface area contributed by atoms with Crippen molar-refractivity contribution < 1.29 is 22.6 Å². The first-order chi connectivity index (χ1) is 20.8. The van der Waals surface area contributed by atoms with Crippen LogP contribution in [0.1, 0.15) is 35.6 Å². The molecule has 10 nitrogen and oxygen atoms in total. The maximum absolute atomic E-state index is 14.0. The molecule has 2 aromatic heterocycles. The van der Waals surface area contributed by atoms with Gasteiger partial charge in [-0.25, -0.2) is 13.4 Å². The summed E-state index contributed by atoms with van der Waals surface area (Å²) in [5.74, 6) is 2.19. The van der Waals surface area contributed by atoms with Gasteiger partial charge in [-0.1, -0.05) is 30.3 Å². The van der Waals surface area contributed by atoms with Gasteiger partial charge in [0.2, 0.25) is 10.0 Å². The molecular formula is C32H37N5O5S. The van der Waals surface area contributed by atoms with Gasteiger partial charge in [-0.3, -0.25) is 4.98 Å². The predicted octanol–water partition coefficient (Wildman–Crippen LogP) is 4.99. The van der Waals surface area contributed by atoms with E-state index in [1.54, 1.807) is 58.7 Å². The molecule has 4 aromatic rings. The molecule has 1 atom stereocenters. The Hall–Kier alpha value is -4.22. The summed E-state index contributed by atoms with van der Waals surface area (Å²) < 4.78 is 46.9. The van der Waals surface area contributed by atoms with Crippen molar-refractivity contribution in [2.24, 2.45) is 0 Å². The van der Waals surface area contributed by atoms with Gasteiger partial charge < -0.3 is 19.1 Å². The molecule has 0 spiro atoms. The fourth-order valence-electron chi connectivity index (χ4n) is 5.38. The van der Waals surface area contributed by atoms with Gasteiger partial charge in [0.15, 0.2) is 0 Å². The van der Waals surface area contributed by atoms with Gasteiger partial charge in [0.1, 0.15) is 30.0 Å². The summed E-state index contributed by atoms with van der Waals surface area (Å²) in [5.41, 5.74) is 2.02. The third-order valence-corrected chi connectivity index (χ3v) is 9.81. The number of aryl methyl sites for hydroxylation is 2. The van der Waals surface area contributed by atoms with E-state index < -0.39 is 16.1 Å². The number of nitrogens with zero attached hydrogens (tertiary/aromatic N) is 5. The number of hydrogen-bond donors (Lipinski definition) is 0. The highest BCUT2D eigenvalue weighted by Crippen LogP contribution is 2.32. The Morgan fingerprint density at radius 3 is 2.28 bits per heavy atom. The highest BCUT2D eigenvalue weighted by molar-refractivity contribution is 7.89. The molecule has 0 saturated carbocycles. The molecule has 1 aliphatic rings. The normalized spacial score (nSPS) is 14.9. The lowest BCUT2D eigenvalue weighted by Gasteiger charge is -2.33. The lowest BCUT2D eigenvalue weighted by atomic mass is 10.1. The number of rotatable bonds is 11. The summed E-state index contributed by atoms with van der Waals surface area (Å²) in [7, 11) is -0.754. The number of hydrogen-bond acceptors (Lipinski definition) is 9. The molecule has 1 aliphatic heterocycles. The zero-order valence-corrected chi connectivity index (χ0v) is 25.7. The number of ether oxygens (including phenoxy) is 3. The molecule has 0 aliphatic carbocycles. The zero-order chi connectivity index (χ0) is 30.4. The van der Waals surface area contributed by atoms with E-state index in [4.69, 9.17) is 14.2 Å². The Balaban J connectivity index is 1.30. The van der Waals surface area contributed by atoms with Gasteiger partial charge in [-0.05, 0) is 60.9 Å². The van der Waals surface area contributed by atoms with E-state index in [9.17, 15) is 8.42 Å². The van der Waals surface area contributed by atoms with Crippen molar-refractivity contribution in [2.75, 3.05) is 38.8 Å². The first kappa shape index (κ1) is 30.2. The summed E-state index contributed by atoms with van der Waals surface area (Å²) in [5, 5.41) is 0. The van der Waals surface area contributed by atoms with Gasteiger partial charge in [-0.15, -0.1) is 0 Å². The van der Waals surface area contributed by atoms with Crippen LogP contribution in [0, 0.1) is 13.8 Å². The monoisotopic (exact) mass is 603 g/mol. The predicted molar refractivity (Wildman–Crippen MR) is 164 cm³/mol. The van der Waals surface area contributed by atoms with Crippen LogP contribution < -0.4 is 19.1 Å². The second-order valence-electron chi connectivity index (χ2n) is 10.5. The molecule has 0 bridgehead atoms. The van der Waals surface area contributed by atoms with E-state index in [2.05, 4.69) is 19.9 Å². The summed E-state index contributed by atoms with van der Waals surface area (Å²) in [6.45, 7) is 5.13. The van der Waals surface area contributed by atoms with Gasteiger partial charge in [0.05, 0.1) is 18.0 Å². The van der Waals surface area contributed by atoms with Gasteiger partial charge >= 0.3 is 6.01 Å². The fourth-order valence-corrected chi connectivity index (χ4v) is 7.11. The molecule has 0 N–H and O–H groups in total. The molecular weight excluding hydrogens is 566 g/mol. The van der Waals surface area contributed by atoms with Crippen LogP contribution in [0.5, 0.6) is 17.5 Å². The lowest BCUT2D eigenvalue weighted by Crippen LogP contribution is -2.38. The van der Waals surface area contributed by atoms with Crippen molar-refractivity contribution in [2.45, 2.75) is 43.7 Å². The minimum atomic E-state index is -3.90. The average molecular weight is 604 g/mol. The van der Waals surface area contributed by atoms with Crippen LogP contribution in [0.25, 0.3) is 0 Å². The van der Waals surface area contributed by atoms with Crippen molar-refractivity contribution in [1.82, 2.24) is 19.3 Å². The summed E-state index contributed by atoms with van der Waals surface area (Å²) in [4.78, 5) is 15.5. The molecule has 226 valence electrons. The van der Waals surface area contributed by atoms with E-state index in [1.807, 2.05) is 48.5 Å². The molecule has 0 radical (unpaired) electrons. The topological polar surface area (TPSA) is 107 Å².